The molecule has 168 valence electrons. The molecule has 10 heteroatoms. The smallest absolute Gasteiger partial charge is 0.243 e. The lowest BCUT2D eigenvalue weighted by Gasteiger charge is -2.33. The minimum absolute atomic E-state index is 0.0175. The maximum absolute atomic E-state index is 13.1. The number of benzene rings is 2. The zero-order valence-corrected chi connectivity index (χ0v) is 18.8. The molecule has 0 spiro atoms. The van der Waals surface area contributed by atoms with Crippen molar-refractivity contribution in [3.05, 3.63) is 53.3 Å². The third-order valence-corrected chi connectivity index (χ3v) is 7.20. The van der Waals surface area contributed by atoms with Crippen LogP contribution in [0.25, 0.3) is 0 Å². The zero-order chi connectivity index (χ0) is 22.4. The first-order valence-corrected chi connectivity index (χ1v) is 11.8. The quantitative estimate of drug-likeness (QED) is 0.642. The predicted molar refractivity (Wildman–Crippen MR) is 117 cm³/mol. The fraction of sp³-hybridized carbons (Fsp3) is 0.381. The van der Waals surface area contributed by atoms with E-state index in [9.17, 15) is 17.6 Å². The van der Waals surface area contributed by atoms with Gasteiger partial charge in [-0.1, -0.05) is 24.6 Å². The first-order valence-electron chi connectivity index (χ1n) is 10.00. The lowest BCUT2D eigenvalue weighted by Crippen LogP contribution is -2.48. The van der Waals surface area contributed by atoms with E-state index in [1.165, 1.54) is 28.6 Å². The summed E-state index contributed by atoms with van der Waals surface area (Å²) < 4.78 is 45.8. The van der Waals surface area contributed by atoms with Crippen LogP contribution in [-0.4, -0.2) is 62.9 Å². The van der Waals surface area contributed by atoms with E-state index < -0.39 is 15.8 Å². The zero-order valence-electron chi connectivity index (χ0n) is 17.2. The number of amides is 1. The van der Waals surface area contributed by atoms with Gasteiger partial charge in [0.1, 0.15) is 11.6 Å². The molecule has 0 atom stereocenters. The highest BCUT2D eigenvalue weighted by atomic mass is 35.5. The lowest BCUT2D eigenvalue weighted by molar-refractivity contribution is -0.116. The van der Waals surface area contributed by atoms with Crippen LogP contribution in [0.4, 0.5) is 10.1 Å². The van der Waals surface area contributed by atoms with Crippen molar-refractivity contribution in [3.8, 4) is 5.75 Å². The van der Waals surface area contributed by atoms with Gasteiger partial charge < -0.3 is 15.0 Å². The largest absolute Gasteiger partial charge is 0.491 e. The van der Waals surface area contributed by atoms with Crippen LogP contribution in [0.1, 0.15) is 13.3 Å². The van der Waals surface area contributed by atoms with Crippen molar-refractivity contribution in [2.75, 3.05) is 44.6 Å². The molecule has 1 saturated heterocycles. The molecule has 0 saturated carbocycles. The summed E-state index contributed by atoms with van der Waals surface area (Å²) in [6.07, 6.45) is 0.0175. The van der Waals surface area contributed by atoms with Crippen molar-refractivity contribution in [3.63, 3.8) is 0 Å². The lowest BCUT2D eigenvalue weighted by atomic mass is 10.3. The van der Waals surface area contributed by atoms with Crippen molar-refractivity contribution in [2.24, 2.45) is 0 Å². The topological polar surface area (TPSA) is 79.0 Å². The number of rotatable bonds is 8. The minimum atomic E-state index is -3.63. The van der Waals surface area contributed by atoms with Crippen molar-refractivity contribution in [2.45, 2.75) is 18.2 Å². The summed E-state index contributed by atoms with van der Waals surface area (Å²) in [5.74, 6) is -0.534. The number of sulfonamides is 1. The highest BCUT2D eigenvalue weighted by molar-refractivity contribution is 7.89. The monoisotopic (exact) mass is 469 g/mol. The van der Waals surface area contributed by atoms with Gasteiger partial charge in [0.2, 0.25) is 15.9 Å². The van der Waals surface area contributed by atoms with E-state index in [1.54, 1.807) is 12.1 Å². The van der Waals surface area contributed by atoms with E-state index in [-0.39, 0.29) is 34.6 Å². The van der Waals surface area contributed by atoms with Crippen LogP contribution >= 0.6 is 11.6 Å². The number of hydrogen-bond donors (Lipinski definition) is 1. The van der Waals surface area contributed by atoms with Gasteiger partial charge in [-0.3, -0.25) is 4.79 Å². The number of nitrogens with zero attached hydrogens (tertiary/aromatic N) is 2. The minimum Gasteiger partial charge on any atom is -0.491 e. The summed E-state index contributed by atoms with van der Waals surface area (Å²) in [7, 11) is -3.63. The van der Waals surface area contributed by atoms with Crippen LogP contribution < -0.4 is 10.1 Å². The standard InChI is InChI=1S/C21H25ClFN3O4S/c1-2-25-9-11-26(12-10-25)31(28,29)18-5-3-4-17(15-18)24-21(27)8-13-30-20-7-6-16(23)14-19(20)22/h3-7,14-15H,2,8-13H2,1H3,(H,24,27). The number of piperazine rings is 1. The van der Waals surface area contributed by atoms with Gasteiger partial charge >= 0.3 is 0 Å². The van der Waals surface area contributed by atoms with Crippen molar-refractivity contribution in [1.29, 1.82) is 0 Å². The molecule has 1 N–H and O–H groups in total. The maximum Gasteiger partial charge on any atom is 0.243 e. The molecule has 1 amide bonds. The van der Waals surface area contributed by atoms with E-state index in [4.69, 9.17) is 16.3 Å². The third-order valence-electron chi connectivity index (χ3n) is 5.01. The average molecular weight is 470 g/mol. The molecule has 7 nitrogen and oxygen atoms in total. The molecule has 0 radical (unpaired) electrons. The summed E-state index contributed by atoms with van der Waals surface area (Å²) >= 11 is 5.89. The van der Waals surface area contributed by atoms with Gasteiger partial charge in [0.25, 0.3) is 0 Å². The number of likely N-dealkylation sites (N-methyl/N-ethyl adjacent to an activating group) is 1. The van der Waals surface area contributed by atoms with E-state index in [2.05, 4.69) is 17.1 Å². The summed E-state index contributed by atoms with van der Waals surface area (Å²) in [5, 5.41) is 2.80. The number of hydrogen-bond acceptors (Lipinski definition) is 5. The molecule has 1 aliphatic heterocycles. The molecule has 3 rings (SSSR count). The number of carbonyl (C=O) groups is 1. The molecule has 1 fully saturated rings. The van der Waals surface area contributed by atoms with Gasteiger partial charge in [0, 0.05) is 31.9 Å². The number of nitrogens with one attached hydrogen (secondary N) is 1. The molecule has 0 aliphatic carbocycles. The van der Waals surface area contributed by atoms with Gasteiger partial charge in [-0.25, -0.2) is 12.8 Å². The number of halogens is 2. The Morgan fingerprint density at radius 1 is 1.16 bits per heavy atom. The van der Waals surface area contributed by atoms with Crippen LogP contribution in [0.2, 0.25) is 5.02 Å². The maximum atomic E-state index is 13.1. The first kappa shape index (κ1) is 23.5. The van der Waals surface area contributed by atoms with Crippen LogP contribution in [-0.2, 0) is 14.8 Å². The molecule has 2 aromatic rings. The third kappa shape index (κ3) is 6.16. The summed E-state index contributed by atoms with van der Waals surface area (Å²) in [4.78, 5) is 14.6. The Balaban J connectivity index is 1.56. The molecule has 2 aromatic carbocycles. The molecule has 31 heavy (non-hydrogen) atoms. The van der Waals surface area contributed by atoms with Gasteiger partial charge in [0.15, 0.2) is 0 Å². The Morgan fingerprint density at radius 3 is 2.58 bits per heavy atom. The second-order valence-corrected chi connectivity index (χ2v) is 9.43. The van der Waals surface area contributed by atoms with E-state index in [1.807, 2.05) is 0 Å². The summed E-state index contributed by atoms with van der Waals surface area (Å²) in [5.41, 5.74) is 0.387. The first-order chi connectivity index (χ1) is 14.8. The second-order valence-electron chi connectivity index (χ2n) is 7.09. The van der Waals surface area contributed by atoms with Crippen LogP contribution in [0, 0.1) is 5.82 Å². The van der Waals surface area contributed by atoms with Gasteiger partial charge in [-0.15, -0.1) is 0 Å². The van der Waals surface area contributed by atoms with Crippen LogP contribution in [0.15, 0.2) is 47.4 Å². The van der Waals surface area contributed by atoms with Crippen LogP contribution in [0.5, 0.6) is 5.75 Å². The Morgan fingerprint density at radius 2 is 1.90 bits per heavy atom. The van der Waals surface area contributed by atoms with Gasteiger partial charge in [-0.2, -0.15) is 4.31 Å². The predicted octanol–water partition coefficient (Wildman–Crippen LogP) is 3.21. The Kier molecular flexibility index (Phi) is 7.88. The van der Waals surface area contributed by atoms with Crippen molar-refractivity contribution >= 4 is 33.2 Å². The number of anilines is 1. The number of carbonyl (C=O) groups excluding carboxylic acids is 1. The van der Waals surface area contributed by atoms with Crippen LogP contribution in [0.3, 0.4) is 0 Å². The highest BCUT2D eigenvalue weighted by Crippen LogP contribution is 2.25. The van der Waals surface area contributed by atoms with Gasteiger partial charge in [0.05, 0.1) is 22.9 Å². The molecule has 0 unspecified atom stereocenters. The summed E-state index contributed by atoms with van der Waals surface area (Å²) in [6.45, 7) is 5.26. The Labute approximate surface area is 186 Å². The van der Waals surface area contributed by atoms with E-state index in [0.29, 0.717) is 31.9 Å². The highest BCUT2D eigenvalue weighted by Gasteiger charge is 2.28. The van der Waals surface area contributed by atoms with E-state index >= 15 is 0 Å². The molecule has 0 bridgehead atoms. The Hall–Kier alpha value is -2.20. The molecule has 1 heterocycles. The Bertz CT molecular complexity index is 1030. The fourth-order valence-corrected chi connectivity index (χ4v) is 4.93. The van der Waals surface area contributed by atoms with Gasteiger partial charge in [-0.05, 0) is 42.9 Å². The molecular weight excluding hydrogens is 445 g/mol. The SMILES string of the molecule is CCN1CCN(S(=O)(=O)c2cccc(NC(=O)CCOc3ccc(F)cc3Cl)c2)CC1. The number of ether oxygens (including phenoxy) is 1. The molecule has 1 aliphatic rings. The second kappa shape index (κ2) is 10.4. The van der Waals surface area contributed by atoms with Crippen molar-refractivity contribution < 1.29 is 22.3 Å². The summed E-state index contributed by atoms with van der Waals surface area (Å²) in [6, 6.07) is 9.95. The fourth-order valence-electron chi connectivity index (χ4n) is 3.24. The normalized spacial score (nSPS) is 15.6. The average Bonchev–Trinajstić information content (AvgIpc) is 2.75. The molecular formula is C21H25ClFN3O4S. The molecule has 0 aromatic heterocycles. The van der Waals surface area contributed by atoms with E-state index in [0.717, 1.165) is 12.6 Å². The van der Waals surface area contributed by atoms with Crippen molar-refractivity contribution in [1.82, 2.24) is 9.21 Å².